The van der Waals surface area contributed by atoms with Crippen LogP contribution in [0.3, 0.4) is 0 Å². The topological polar surface area (TPSA) is 79.7 Å². The van der Waals surface area contributed by atoms with Crippen molar-refractivity contribution in [2.75, 3.05) is 6.61 Å². The van der Waals surface area contributed by atoms with Crippen molar-refractivity contribution >= 4 is 17.4 Å². The highest BCUT2D eigenvalue weighted by molar-refractivity contribution is 6.46. The van der Waals surface area contributed by atoms with Crippen LogP contribution in [0.2, 0.25) is 0 Å². The third kappa shape index (κ3) is 4.62. The molecule has 168 valence electrons. The summed E-state index contributed by atoms with van der Waals surface area (Å²) in [4.78, 5) is 31.6. The molecule has 1 N–H and O–H groups in total. The van der Waals surface area contributed by atoms with Gasteiger partial charge in [0.25, 0.3) is 11.7 Å². The Hall–Kier alpha value is -4.00. The van der Waals surface area contributed by atoms with Gasteiger partial charge in [0.1, 0.15) is 17.3 Å². The van der Waals surface area contributed by atoms with Crippen molar-refractivity contribution in [1.29, 1.82) is 0 Å². The zero-order chi connectivity index (χ0) is 23.4. The van der Waals surface area contributed by atoms with Crippen LogP contribution in [-0.2, 0) is 16.1 Å². The molecular formula is C26H23FN2O4. The minimum absolute atomic E-state index is 0.0438. The van der Waals surface area contributed by atoms with Gasteiger partial charge in [-0.25, -0.2) is 4.39 Å². The minimum atomic E-state index is -0.824. The highest BCUT2D eigenvalue weighted by Gasteiger charge is 2.46. The van der Waals surface area contributed by atoms with Gasteiger partial charge in [0.15, 0.2) is 0 Å². The molecule has 0 unspecified atom stereocenters. The van der Waals surface area contributed by atoms with Crippen molar-refractivity contribution < 1.29 is 23.8 Å². The van der Waals surface area contributed by atoms with E-state index in [0.29, 0.717) is 17.9 Å². The van der Waals surface area contributed by atoms with Gasteiger partial charge >= 0.3 is 0 Å². The first-order chi connectivity index (χ1) is 16.0. The van der Waals surface area contributed by atoms with Crippen molar-refractivity contribution in [2.45, 2.75) is 25.9 Å². The molecule has 33 heavy (non-hydrogen) atoms. The Bertz CT molecular complexity index is 1180. The third-order valence-electron chi connectivity index (χ3n) is 5.40. The van der Waals surface area contributed by atoms with Crippen LogP contribution in [0.15, 0.2) is 78.6 Å². The number of amides is 1. The first-order valence-corrected chi connectivity index (χ1v) is 10.7. The van der Waals surface area contributed by atoms with Gasteiger partial charge in [0.05, 0.1) is 18.2 Å². The molecule has 2 aromatic carbocycles. The van der Waals surface area contributed by atoms with Gasteiger partial charge < -0.3 is 14.7 Å². The number of pyridine rings is 1. The number of benzene rings is 2. The van der Waals surface area contributed by atoms with Crippen LogP contribution in [0.1, 0.15) is 36.1 Å². The predicted molar refractivity (Wildman–Crippen MR) is 121 cm³/mol. The number of carbonyl (C=O) groups is 2. The molecule has 0 bridgehead atoms. The van der Waals surface area contributed by atoms with Gasteiger partial charge in [-0.2, -0.15) is 0 Å². The number of hydrogen-bond donors (Lipinski definition) is 1. The molecule has 0 aliphatic carbocycles. The van der Waals surface area contributed by atoms with Gasteiger partial charge in [-0.05, 0) is 60.0 Å². The van der Waals surface area contributed by atoms with Gasteiger partial charge in [-0.15, -0.1) is 0 Å². The number of halogens is 1. The van der Waals surface area contributed by atoms with E-state index in [4.69, 9.17) is 4.74 Å². The normalized spacial score (nSPS) is 17.4. The van der Waals surface area contributed by atoms with Crippen LogP contribution in [0, 0.1) is 5.82 Å². The summed E-state index contributed by atoms with van der Waals surface area (Å²) in [6, 6.07) is 15.0. The second kappa shape index (κ2) is 9.65. The fourth-order valence-corrected chi connectivity index (χ4v) is 3.81. The van der Waals surface area contributed by atoms with Crippen LogP contribution in [0.25, 0.3) is 5.76 Å². The molecule has 0 radical (unpaired) electrons. The zero-order valence-electron chi connectivity index (χ0n) is 18.1. The van der Waals surface area contributed by atoms with Crippen molar-refractivity contribution in [2.24, 2.45) is 0 Å². The van der Waals surface area contributed by atoms with E-state index in [2.05, 4.69) is 4.98 Å². The molecule has 1 fully saturated rings. The Balaban J connectivity index is 1.80. The Kier molecular flexibility index (Phi) is 6.49. The minimum Gasteiger partial charge on any atom is -0.507 e. The molecule has 4 rings (SSSR count). The fraction of sp³-hybridized carbons (Fsp3) is 0.192. The van der Waals surface area contributed by atoms with Gasteiger partial charge in [-0.1, -0.05) is 25.1 Å². The standard InChI is InChI=1S/C26H23FN2O4/c1-2-14-33-21-11-7-18(8-12-21)23-22(24(30)19-5-9-20(27)10-6-19)25(31)26(32)29(23)16-17-4-3-13-28-15-17/h3-13,15,23,30H,2,14,16H2,1H3/b24-22+/t23-/m1/s1. The SMILES string of the molecule is CCCOc1ccc([C@@H]2/C(=C(\O)c3ccc(F)cc3)C(=O)C(=O)N2Cc2cccnc2)cc1. The van der Waals surface area contributed by atoms with E-state index in [0.717, 1.165) is 12.0 Å². The number of aliphatic hydroxyl groups excluding tert-OH is 1. The van der Waals surface area contributed by atoms with Crippen molar-refractivity contribution in [3.8, 4) is 5.75 Å². The van der Waals surface area contributed by atoms with Gasteiger partial charge in [0.2, 0.25) is 0 Å². The van der Waals surface area contributed by atoms with E-state index in [9.17, 15) is 19.1 Å². The number of aromatic nitrogens is 1. The molecular weight excluding hydrogens is 423 g/mol. The number of hydrogen-bond acceptors (Lipinski definition) is 5. The van der Waals surface area contributed by atoms with E-state index in [1.165, 1.54) is 29.2 Å². The lowest BCUT2D eigenvalue weighted by Gasteiger charge is -2.25. The van der Waals surface area contributed by atoms with Crippen LogP contribution < -0.4 is 4.74 Å². The Morgan fingerprint density at radius 3 is 2.45 bits per heavy atom. The number of likely N-dealkylation sites (tertiary alicyclic amines) is 1. The molecule has 1 atom stereocenters. The Morgan fingerprint density at radius 1 is 1.09 bits per heavy atom. The summed E-state index contributed by atoms with van der Waals surface area (Å²) in [5.41, 5.74) is 1.60. The molecule has 1 saturated heterocycles. The van der Waals surface area contributed by atoms with Crippen LogP contribution in [0.4, 0.5) is 4.39 Å². The molecule has 1 aliphatic rings. The number of ether oxygens (including phenoxy) is 1. The molecule has 1 aliphatic heterocycles. The van der Waals surface area contributed by atoms with E-state index < -0.39 is 23.5 Å². The molecule has 1 amide bonds. The smallest absolute Gasteiger partial charge is 0.295 e. The molecule has 2 heterocycles. The quantitative estimate of drug-likeness (QED) is 0.325. The average molecular weight is 446 g/mol. The lowest BCUT2D eigenvalue weighted by atomic mass is 9.95. The maximum Gasteiger partial charge on any atom is 0.295 e. The highest BCUT2D eigenvalue weighted by atomic mass is 19.1. The number of carbonyl (C=O) groups excluding carboxylic acids is 2. The van der Waals surface area contributed by atoms with Gasteiger partial charge in [-0.3, -0.25) is 14.6 Å². The van der Waals surface area contributed by atoms with Crippen LogP contribution in [-0.4, -0.2) is 33.3 Å². The predicted octanol–water partition coefficient (Wildman–Crippen LogP) is 4.63. The first kappa shape index (κ1) is 22.2. The molecule has 0 saturated carbocycles. The molecule has 6 nitrogen and oxygen atoms in total. The third-order valence-corrected chi connectivity index (χ3v) is 5.40. The summed E-state index contributed by atoms with van der Waals surface area (Å²) < 4.78 is 19.0. The lowest BCUT2D eigenvalue weighted by Crippen LogP contribution is -2.29. The van der Waals surface area contributed by atoms with Crippen molar-refractivity contribution in [1.82, 2.24) is 9.88 Å². The Morgan fingerprint density at radius 2 is 1.82 bits per heavy atom. The maximum atomic E-state index is 13.4. The molecule has 3 aromatic rings. The molecule has 1 aromatic heterocycles. The highest BCUT2D eigenvalue weighted by Crippen LogP contribution is 2.40. The average Bonchev–Trinajstić information content (AvgIpc) is 3.08. The summed E-state index contributed by atoms with van der Waals surface area (Å²) in [6.45, 7) is 2.72. The number of ketones is 1. The largest absolute Gasteiger partial charge is 0.507 e. The summed E-state index contributed by atoms with van der Waals surface area (Å²) in [5, 5.41) is 11.0. The van der Waals surface area contributed by atoms with E-state index in [1.807, 2.05) is 13.0 Å². The summed E-state index contributed by atoms with van der Waals surface area (Å²) >= 11 is 0. The summed E-state index contributed by atoms with van der Waals surface area (Å²) in [6.07, 6.45) is 4.11. The van der Waals surface area contributed by atoms with E-state index >= 15 is 0 Å². The number of aliphatic hydroxyl groups is 1. The monoisotopic (exact) mass is 446 g/mol. The fourth-order valence-electron chi connectivity index (χ4n) is 3.81. The van der Waals surface area contributed by atoms with E-state index in [1.54, 1.807) is 42.7 Å². The van der Waals surface area contributed by atoms with Crippen LogP contribution in [0.5, 0.6) is 5.75 Å². The number of nitrogens with zero attached hydrogens (tertiary/aromatic N) is 2. The van der Waals surface area contributed by atoms with Crippen LogP contribution >= 0.6 is 0 Å². The number of rotatable bonds is 7. The van der Waals surface area contributed by atoms with Crippen molar-refractivity contribution in [3.05, 3.63) is 101 Å². The molecule has 7 heteroatoms. The maximum absolute atomic E-state index is 13.4. The van der Waals surface area contributed by atoms with Gasteiger partial charge in [0, 0.05) is 24.5 Å². The van der Waals surface area contributed by atoms with Crippen molar-refractivity contribution in [3.63, 3.8) is 0 Å². The summed E-state index contributed by atoms with van der Waals surface area (Å²) in [7, 11) is 0. The lowest BCUT2D eigenvalue weighted by molar-refractivity contribution is -0.140. The second-order valence-corrected chi connectivity index (χ2v) is 7.71. The second-order valence-electron chi connectivity index (χ2n) is 7.71. The summed E-state index contributed by atoms with van der Waals surface area (Å²) in [5.74, 6) is -1.67. The Labute approximate surface area is 191 Å². The number of Topliss-reactive ketones (excluding diaryl/α,β-unsaturated/α-hetero) is 1. The zero-order valence-corrected chi connectivity index (χ0v) is 18.1. The first-order valence-electron chi connectivity index (χ1n) is 10.7. The molecule has 0 spiro atoms. The van der Waals surface area contributed by atoms with E-state index in [-0.39, 0.29) is 23.4 Å².